The monoisotopic (exact) mass is 365 g/mol. The van der Waals surface area contributed by atoms with Crippen LogP contribution < -0.4 is 34.5 Å². The summed E-state index contributed by atoms with van der Waals surface area (Å²) < 4.78 is 23.9. The van der Waals surface area contributed by atoms with Crippen LogP contribution >= 0.6 is 0 Å². The molecule has 0 aromatic heterocycles. The Bertz CT molecular complexity index is 828. The fourth-order valence-electron chi connectivity index (χ4n) is 1.92. The van der Waals surface area contributed by atoms with E-state index < -0.39 is 10.0 Å². The molecular weight excluding hydrogens is 345 g/mol. The zero-order valence-electron chi connectivity index (χ0n) is 14.9. The molecule has 126 valence electrons. The smallest absolute Gasteiger partial charge is 0.491 e. The minimum absolute atomic E-state index is 0. The van der Waals surface area contributed by atoms with Crippen LogP contribution in [0.5, 0.6) is 0 Å². The number of hydrogen-bond donors (Lipinski definition) is 0. The van der Waals surface area contributed by atoms with Crippen LogP contribution in [0.1, 0.15) is 11.1 Å². The molecule has 0 spiro atoms. The van der Waals surface area contributed by atoms with Crippen molar-refractivity contribution in [2.24, 2.45) is 5.10 Å². The summed E-state index contributed by atoms with van der Waals surface area (Å²) in [5, 5.41) is 3.62. The predicted molar refractivity (Wildman–Crippen MR) is 100 cm³/mol. The van der Waals surface area contributed by atoms with E-state index in [1.807, 2.05) is 56.3 Å². The van der Waals surface area contributed by atoms with Gasteiger partial charge in [-0.15, -0.1) is 0 Å². The summed E-state index contributed by atoms with van der Waals surface area (Å²) in [4.78, 5) is 5.56. The standard InChI is InChI=1S/C18H20N3O2S.Na/c1-15-6-12-18(13-7-15)24(22,23)20-19-14-4-5-16-8-10-17(11-9-16)21(2)3;/h4-14H,1-3H3;/q-1;+1/b5-4+,19-14-;. The van der Waals surface area contributed by atoms with E-state index >= 15 is 0 Å². The Labute approximate surface area is 171 Å². The van der Waals surface area contributed by atoms with E-state index in [0.29, 0.717) is 0 Å². The van der Waals surface area contributed by atoms with Gasteiger partial charge in [0.25, 0.3) is 0 Å². The maximum atomic E-state index is 12.0. The van der Waals surface area contributed by atoms with Gasteiger partial charge in [0, 0.05) is 26.0 Å². The van der Waals surface area contributed by atoms with Crippen LogP contribution in [0, 0.1) is 6.92 Å². The normalized spacial score (nSPS) is 11.5. The third-order valence-electron chi connectivity index (χ3n) is 3.32. The molecule has 0 amide bonds. The molecule has 0 aliphatic rings. The van der Waals surface area contributed by atoms with Crippen molar-refractivity contribution in [1.29, 1.82) is 0 Å². The summed E-state index contributed by atoms with van der Waals surface area (Å²) in [5.41, 5.74) is 3.09. The van der Waals surface area contributed by atoms with Crippen LogP contribution in [0.3, 0.4) is 0 Å². The second-order valence-electron chi connectivity index (χ2n) is 5.48. The van der Waals surface area contributed by atoms with Gasteiger partial charge < -0.3 is 14.8 Å². The number of sulfonamides is 1. The molecule has 0 N–H and O–H groups in total. The van der Waals surface area contributed by atoms with Crippen LogP contribution in [0.4, 0.5) is 5.69 Å². The molecule has 0 aliphatic heterocycles. The Balaban J connectivity index is 0.00000312. The fraction of sp³-hybridized carbons (Fsp3) is 0.167. The number of anilines is 1. The molecule has 2 aromatic rings. The first-order valence-electron chi connectivity index (χ1n) is 7.39. The van der Waals surface area contributed by atoms with Crippen molar-refractivity contribution in [2.45, 2.75) is 11.8 Å². The molecule has 0 heterocycles. The summed E-state index contributed by atoms with van der Waals surface area (Å²) in [6, 6.07) is 14.4. The molecule has 2 aromatic carbocycles. The van der Waals surface area contributed by atoms with Crippen molar-refractivity contribution in [2.75, 3.05) is 19.0 Å². The maximum Gasteiger partial charge on any atom is 1.00 e. The second kappa shape index (κ2) is 9.77. The quantitative estimate of drug-likeness (QED) is 0.433. The number of nitrogens with zero attached hydrogens (tertiary/aromatic N) is 3. The van der Waals surface area contributed by atoms with Crippen molar-refractivity contribution in [3.8, 4) is 0 Å². The van der Waals surface area contributed by atoms with Crippen LogP contribution in [0.2, 0.25) is 0 Å². The van der Waals surface area contributed by atoms with E-state index in [1.54, 1.807) is 18.2 Å². The molecule has 0 saturated heterocycles. The van der Waals surface area contributed by atoms with E-state index in [1.165, 1.54) is 18.3 Å². The molecule has 0 saturated carbocycles. The first kappa shape index (κ1) is 21.4. The van der Waals surface area contributed by atoms with Crippen molar-refractivity contribution in [3.63, 3.8) is 0 Å². The molecule has 25 heavy (non-hydrogen) atoms. The minimum atomic E-state index is -3.75. The van der Waals surface area contributed by atoms with E-state index in [0.717, 1.165) is 16.8 Å². The van der Waals surface area contributed by atoms with Crippen molar-refractivity contribution >= 4 is 28.0 Å². The molecule has 0 atom stereocenters. The first-order chi connectivity index (χ1) is 11.4. The minimum Gasteiger partial charge on any atom is -0.491 e. The van der Waals surface area contributed by atoms with Gasteiger partial charge in [-0.1, -0.05) is 35.9 Å². The third kappa shape index (κ3) is 6.66. The van der Waals surface area contributed by atoms with E-state index in [4.69, 9.17) is 0 Å². The van der Waals surface area contributed by atoms with Gasteiger partial charge in [0.15, 0.2) is 0 Å². The molecule has 0 radical (unpaired) electrons. The number of allylic oxidation sites excluding steroid dienone is 1. The van der Waals surface area contributed by atoms with Gasteiger partial charge in [0.1, 0.15) is 10.0 Å². The number of aryl methyl sites for hydroxylation is 1. The maximum absolute atomic E-state index is 12.0. The number of hydrogen-bond acceptors (Lipinski definition) is 4. The molecule has 0 bridgehead atoms. The summed E-state index contributed by atoms with van der Waals surface area (Å²) in [6.07, 6.45) is 4.83. The van der Waals surface area contributed by atoms with E-state index in [2.05, 4.69) is 9.93 Å². The zero-order chi connectivity index (χ0) is 17.6. The molecule has 2 rings (SSSR count). The average Bonchev–Trinajstić information content (AvgIpc) is 2.55. The van der Waals surface area contributed by atoms with E-state index in [9.17, 15) is 8.42 Å². The molecule has 5 nitrogen and oxygen atoms in total. The largest absolute Gasteiger partial charge is 1.00 e. The first-order valence-corrected chi connectivity index (χ1v) is 8.83. The van der Waals surface area contributed by atoms with Gasteiger partial charge in [0.05, 0.1) is 4.90 Å². The zero-order valence-corrected chi connectivity index (χ0v) is 17.7. The van der Waals surface area contributed by atoms with Crippen LogP contribution in [0.25, 0.3) is 10.9 Å². The Kier molecular flexibility index (Phi) is 8.38. The fourth-order valence-corrected chi connectivity index (χ4v) is 2.68. The van der Waals surface area contributed by atoms with Gasteiger partial charge >= 0.3 is 29.6 Å². The molecule has 0 fully saturated rings. The topological polar surface area (TPSA) is 63.8 Å². The van der Waals surface area contributed by atoms with Gasteiger partial charge in [-0.25, -0.2) is 8.42 Å². The van der Waals surface area contributed by atoms with Crippen molar-refractivity contribution < 1.29 is 38.0 Å². The Morgan fingerprint density at radius 2 is 1.60 bits per heavy atom. The molecule has 0 unspecified atom stereocenters. The summed E-state index contributed by atoms with van der Waals surface area (Å²) in [5.74, 6) is 0. The third-order valence-corrected chi connectivity index (χ3v) is 4.50. The summed E-state index contributed by atoms with van der Waals surface area (Å²) in [7, 11) is 0.210. The van der Waals surface area contributed by atoms with Gasteiger partial charge in [0.2, 0.25) is 0 Å². The van der Waals surface area contributed by atoms with Gasteiger partial charge in [-0.2, -0.15) is 0 Å². The predicted octanol–water partition coefficient (Wildman–Crippen LogP) is 0.827. The van der Waals surface area contributed by atoms with Gasteiger partial charge in [-0.3, -0.25) is 0 Å². The Morgan fingerprint density at radius 3 is 2.16 bits per heavy atom. The van der Waals surface area contributed by atoms with Gasteiger partial charge in [-0.05, 0) is 42.8 Å². The second-order valence-corrected chi connectivity index (χ2v) is 7.06. The van der Waals surface area contributed by atoms with Crippen LogP contribution in [0.15, 0.2) is 64.6 Å². The van der Waals surface area contributed by atoms with Crippen molar-refractivity contribution in [1.82, 2.24) is 0 Å². The molecule has 0 aliphatic carbocycles. The Hall–Kier alpha value is -1.60. The number of benzene rings is 2. The van der Waals surface area contributed by atoms with Crippen molar-refractivity contribution in [3.05, 3.63) is 70.6 Å². The average molecular weight is 365 g/mol. The number of rotatable bonds is 6. The van der Waals surface area contributed by atoms with Crippen LogP contribution in [-0.2, 0) is 10.0 Å². The SMILES string of the molecule is Cc1ccc(S(=O)(=O)[N-]/N=C\C=C\c2ccc(N(C)C)cc2)cc1.[Na+]. The summed E-state index contributed by atoms with van der Waals surface area (Å²) >= 11 is 0. The molecule has 7 heteroatoms. The van der Waals surface area contributed by atoms with E-state index in [-0.39, 0.29) is 34.5 Å². The summed E-state index contributed by atoms with van der Waals surface area (Å²) in [6.45, 7) is 1.89. The Morgan fingerprint density at radius 1 is 1.00 bits per heavy atom. The van der Waals surface area contributed by atoms with Crippen LogP contribution in [-0.4, -0.2) is 28.7 Å². The molecular formula is C18H20N3NaO2S.